The van der Waals surface area contributed by atoms with Gasteiger partial charge in [0.15, 0.2) is 0 Å². The molecule has 4 nitrogen and oxygen atoms in total. The Balaban J connectivity index is 1.82. The predicted molar refractivity (Wildman–Crippen MR) is 77.4 cm³/mol. The highest BCUT2D eigenvalue weighted by molar-refractivity contribution is 7.13. The second kappa shape index (κ2) is 7.10. The molecule has 19 heavy (non-hydrogen) atoms. The summed E-state index contributed by atoms with van der Waals surface area (Å²) in [5.41, 5.74) is 0. The SMILES string of the molecule is C#CCCNCC(O)COc1cccc2sncc12. The quantitative estimate of drug-likeness (QED) is 0.596. The lowest BCUT2D eigenvalue weighted by Crippen LogP contribution is -2.31. The number of benzene rings is 1. The van der Waals surface area contributed by atoms with E-state index >= 15 is 0 Å². The van der Waals surface area contributed by atoms with Crippen LogP contribution in [0.4, 0.5) is 0 Å². The normalized spacial score (nSPS) is 12.2. The highest BCUT2D eigenvalue weighted by Gasteiger charge is 2.07. The smallest absolute Gasteiger partial charge is 0.129 e. The van der Waals surface area contributed by atoms with E-state index in [0.717, 1.165) is 15.8 Å². The molecule has 1 heterocycles. The van der Waals surface area contributed by atoms with Crippen LogP contribution in [0, 0.1) is 12.3 Å². The van der Waals surface area contributed by atoms with Crippen LogP contribution in [0.15, 0.2) is 24.4 Å². The van der Waals surface area contributed by atoms with Crippen molar-refractivity contribution in [1.82, 2.24) is 9.69 Å². The molecule has 1 unspecified atom stereocenters. The molecule has 5 heteroatoms. The molecule has 2 aromatic rings. The first kappa shape index (κ1) is 13.8. The van der Waals surface area contributed by atoms with E-state index in [9.17, 15) is 5.11 Å². The first-order valence-electron chi connectivity index (χ1n) is 6.09. The van der Waals surface area contributed by atoms with Crippen molar-refractivity contribution in [2.24, 2.45) is 0 Å². The number of terminal acetylenes is 1. The second-order valence-electron chi connectivity index (χ2n) is 4.12. The number of hydrogen-bond acceptors (Lipinski definition) is 5. The van der Waals surface area contributed by atoms with Gasteiger partial charge in [-0.3, -0.25) is 0 Å². The van der Waals surface area contributed by atoms with Gasteiger partial charge in [0.1, 0.15) is 18.5 Å². The number of aromatic nitrogens is 1. The highest BCUT2D eigenvalue weighted by atomic mass is 32.1. The summed E-state index contributed by atoms with van der Waals surface area (Å²) in [7, 11) is 0. The fraction of sp³-hybridized carbons (Fsp3) is 0.357. The van der Waals surface area contributed by atoms with E-state index in [4.69, 9.17) is 11.2 Å². The van der Waals surface area contributed by atoms with E-state index in [1.54, 1.807) is 6.20 Å². The Kier molecular flexibility index (Phi) is 5.16. The van der Waals surface area contributed by atoms with E-state index in [0.29, 0.717) is 19.5 Å². The molecule has 100 valence electrons. The standard InChI is InChI=1S/C14H16N2O2S/c1-2-3-7-15-8-11(17)10-18-13-5-4-6-14-12(13)9-16-19-14/h1,4-6,9,11,15,17H,3,7-8,10H2. The molecule has 0 radical (unpaired) electrons. The van der Waals surface area contributed by atoms with Gasteiger partial charge in [0.05, 0.1) is 16.3 Å². The van der Waals surface area contributed by atoms with E-state index in [2.05, 4.69) is 15.6 Å². The Morgan fingerprint density at radius 3 is 3.26 bits per heavy atom. The number of hydrogen-bond donors (Lipinski definition) is 2. The molecule has 1 aromatic carbocycles. The van der Waals surface area contributed by atoms with Crippen LogP contribution < -0.4 is 10.1 Å². The number of fused-ring (bicyclic) bond motifs is 1. The fourth-order valence-electron chi connectivity index (χ4n) is 1.67. The maximum atomic E-state index is 9.78. The number of aliphatic hydroxyl groups is 1. The second-order valence-corrected chi connectivity index (χ2v) is 4.95. The lowest BCUT2D eigenvalue weighted by molar-refractivity contribution is 0.107. The molecule has 2 rings (SSSR count). The molecule has 0 saturated carbocycles. The first-order chi connectivity index (χ1) is 9.31. The Morgan fingerprint density at radius 2 is 2.42 bits per heavy atom. The Labute approximate surface area is 116 Å². The summed E-state index contributed by atoms with van der Waals surface area (Å²) in [5, 5.41) is 13.8. The summed E-state index contributed by atoms with van der Waals surface area (Å²) in [6.07, 6.45) is 7.03. The minimum atomic E-state index is -0.556. The molecule has 0 spiro atoms. The van der Waals surface area contributed by atoms with Crippen molar-refractivity contribution in [3.05, 3.63) is 24.4 Å². The number of rotatable bonds is 7. The van der Waals surface area contributed by atoms with Crippen molar-refractivity contribution in [3.8, 4) is 18.1 Å². The molecule has 0 bridgehead atoms. The molecule has 0 aliphatic rings. The topological polar surface area (TPSA) is 54.4 Å². The lowest BCUT2D eigenvalue weighted by Gasteiger charge is -2.13. The molecular formula is C14H16N2O2S. The van der Waals surface area contributed by atoms with Gasteiger partial charge < -0.3 is 15.2 Å². The molecule has 2 N–H and O–H groups in total. The van der Waals surface area contributed by atoms with Crippen molar-refractivity contribution in [1.29, 1.82) is 0 Å². The molecule has 0 aliphatic heterocycles. The maximum Gasteiger partial charge on any atom is 0.129 e. The first-order valence-corrected chi connectivity index (χ1v) is 6.87. The van der Waals surface area contributed by atoms with Gasteiger partial charge in [-0.2, -0.15) is 4.37 Å². The van der Waals surface area contributed by atoms with Crippen LogP contribution in [-0.4, -0.2) is 35.3 Å². The largest absolute Gasteiger partial charge is 0.490 e. The van der Waals surface area contributed by atoms with Gasteiger partial charge in [0.2, 0.25) is 0 Å². The summed E-state index contributed by atoms with van der Waals surface area (Å²) in [5.74, 6) is 3.29. The summed E-state index contributed by atoms with van der Waals surface area (Å²) >= 11 is 1.43. The molecule has 0 aliphatic carbocycles. The lowest BCUT2D eigenvalue weighted by atomic mass is 10.2. The van der Waals surface area contributed by atoms with Crippen LogP contribution in [0.3, 0.4) is 0 Å². The average Bonchev–Trinajstić information content (AvgIpc) is 2.90. The fourth-order valence-corrected chi connectivity index (χ4v) is 2.33. The Morgan fingerprint density at radius 1 is 1.53 bits per heavy atom. The van der Waals surface area contributed by atoms with Crippen LogP contribution >= 0.6 is 11.5 Å². The van der Waals surface area contributed by atoms with Gasteiger partial charge in [-0.25, -0.2) is 0 Å². The van der Waals surface area contributed by atoms with Gasteiger partial charge >= 0.3 is 0 Å². The zero-order valence-electron chi connectivity index (χ0n) is 10.5. The molecule has 0 fully saturated rings. The molecule has 0 amide bonds. The molecule has 1 atom stereocenters. The van der Waals surface area contributed by atoms with Crippen LogP contribution in [0.5, 0.6) is 5.75 Å². The van der Waals surface area contributed by atoms with Gasteiger partial charge in [0, 0.05) is 19.5 Å². The number of aliphatic hydroxyl groups excluding tert-OH is 1. The zero-order chi connectivity index (χ0) is 13.5. The minimum absolute atomic E-state index is 0.248. The summed E-state index contributed by atoms with van der Waals surface area (Å²) < 4.78 is 10.8. The van der Waals surface area contributed by atoms with E-state index < -0.39 is 6.10 Å². The number of nitrogens with zero attached hydrogens (tertiary/aromatic N) is 1. The number of ether oxygens (including phenoxy) is 1. The highest BCUT2D eigenvalue weighted by Crippen LogP contribution is 2.27. The molecular weight excluding hydrogens is 260 g/mol. The average molecular weight is 276 g/mol. The summed E-state index contributed by atoms with van der Waals surface area (Å²) in [6, 6.07) is 5.81. The van der Waals surface area contributed by atoms with Crippen molar-refractivity contribution in [3.63, 3.8) is 0 Å². The van der Waals surface area contributed by atoms with Gasteiger partial charge in [-0.05, 0) is 23.7 Å². The van der Waals surface area contributed by atoms with E-state index in [-0.39, 0.29) is 6.61 Å². The molecule has 1 aromatic heterocycles. The third kappa shape index (κ3) is 3.93. The van der Waals surface area contributed by atoms with Crippen LogP contribution in [0.25, 0.3) is 10.1 Å². The summed E-state index contributed by atoms with van der Waals surface area (Å²) in [4.78, 5) is 0. The maximum absolute atomic E-state index is 9.78. The molecule has 0 saturated heterocycles. The zero-order valence-corrected chi connectivity index (χ0v) is 11.3. The Hall–Kier alpha value is -1.61. The third-order valence-corrected chi connectivity index (χ3v) is 3.38. The minimum Gasteiger partial charge on any atom is -0.490 e. The van der Waals surface area contributed by atoms with Gasteiger partial charge in [0.25, 0.3) is 0 Å². The van der Waals surface area contributed by atoms with Crippen LogP contribution in [0.2, 0.25) is 0 Å². The van der Waals surface area contributed by atoms with Crippen molar-refractivity contribution in [2.45, 2.75) is 12.5 Å². The van der Waals surface area contributed by atoms with Crippen molar-refractivity contribution in [2.75, 3.05) is 19.7 Å². The third-order valence-electron chi connectivity index (χ3n) is 2.62. The predicted octanol–water partition coefficient (Wildman–Crippen LogP) is 1.65. The number of nitrogens with one attached hydrogen (secondary N) is 1. The van der Waals surface area contributed by atoms with Crippen LogP contribution in [0.1, 0.15) is 6.42 Å². The summed E-state index contributed by atoms with van der Waals surface area (Å²) in [6.45, 7) is 1.43. The monoisotopic (exact) mass is 276 g/mol. The van der Waals surface area contributed by atoms with E-state index in [1.165, 1.54) is 11.5 Å². The van der Waals surface area contributed by atoms with Crippen molar-refractivity contribution < 1.29 is 9.84 Å². The van der Waals surface area contributed by atoms with Gasteiger partial charge in [-0.15, -0.1) is 12.3 Å². The van der Waals surface area contributed by atoms with Gasteiger partial charge in [-0.1, -0.05) is 6.07 Å². The van der Waals surface area contributed by atoms with E-state index in [1.807, 2.05) is 18.2 Å². The Bertz CT molecular complexity index is 562. The van der Waals surface area contributed by atoms with Crippen LogP contribution in [-0.2, 0) is 0 Å². The van der Waals surface area contributed by atoms with Crippen molar-refractivity contribution >= 4 is 21.6 Å².